The molecule has 0 bridgehead atoms. The Morgan fingerprint density at radius 2 is 2.19 bits per heavy atom. The second-order valence-corrected chi connectivity index (χ2v) is 6.66. The van der Waals surface area contributed by atoms with E-state index in [9.17, 15) is 14.7 Å². The van der Waals surface area contributed by atoms with Gasteiger partial charge in [0.25, 0.3) is 0 Å². The van der Waals surface area contributed by atoms with Crippen LogP contribution >= 0.6 is 0 Å². The Hall–Kier alpha value is -2.54. The van der Waals surface area contributed by atoms with Crippen LogP contribution in [0.3, 0.4) is 0 Å². The zero-order valence-electron chi connectivity index (χ0n) is 15.1. The third-order valence-electron chi connectivity index (χ3n) is 5.21. The molecule has 2 atom stereocenters. The van der Waals surface area contributed by atoms with Crippen LogP contribution in [0.25, 0.3) is 0 Å². The van der Waals surface area contributed by atoms with Crippen LogP contribution in [0, 0.1) is 12.8 Å². The average molecular weight is 361 g/mol. The maximum atomic E-state index is 12.0. The number of carbonyl (C=O) groups is 2. The van der Waals surface area contributed by atoms with Crippen LogP contribution in [0.1, 0.15) is 40.4 Å². The van der Waals surface area contributed by atoms with Gasteiger partial charge in [-0.1, -0.05) is 6.08 Å². The summed E-state index contributed by atoms with van der Waals surface area (Å²) in [5.41, 5.74) is 10.1. The largest absolute Gasteiger partial charge is 0.496 e. The van der Waals surface area contributed by atoms with E-state index in [0.29, 0.717) is 42.0 Å². The average Bonchev–Trinajstić information content (AvgIpc) is 3.23. The third kappa shape index (κ3) is 2.92. The molecule has 140 valence electrons. The Balaban J connectivity index is 1.95. The predicted molar refractivity (Wildman–Crippen MR) is 94.2 cm³/mol. The van der Waals surface area contributed by atoms with Crippen molar-refractivity contribution in [3.05, 3.63) is 33.9 Å². The van der Waals surface area contributed by atoms with Gasteiger partial charge in [0, 0.05) is 17.7 Å². The normalized spacial score (nSPS) is 22.3. The highest BCUT2D eigenvalue weighted by Gasteiger charge is 2.35. The maximum Gasteiger partial charge on any atom is 0.341 e. The van der Waals surface area contributed by atoms with Crippen molar-refractivity contribution in [1.82, 2.24) is 0 Å². The number of anilines is 1. The van der Waals surface area contributed by atoms with Crippen LogP contribution in [0.2, 0.25) is 0 Å². The van der Waals surface area contributed by atoms with E-state index >= 15 is 0 Å². The number of fused-ring (bicyclic) bond motifs is 1. The van der Waals surface area contributed by atoms with Crippen molar-refractivity contribution < 1.29 is 28.9 Å². The van der Waals surface area contributed by atoms with Crippen LogP contribution in [0.4, 0.5) is 5.69 Å². The first-order chi connectivity index (χ1) is 12.4. The minimum atomic E-state index is -0.853. The lowest BCUT2D eigenvalue weighted by Gasteiger charge is -2.18. The van der Waals surface area contributed by atoms with E-state index in [1.54, 1.807) is 7.11 Å². The van der Waals surface area contributed by atoms with Crippen molar-refractivity contribution >= 4 is 17.6 Å². The molecule has 0 spiro atoms. The van der Waals surface area contributed by atoms with Crippen LogP contribution in [0.15, 0.2) is 11.6 Å². The van der Waals surface area contributed by atoms with Crippen LogP contribution in [0.5, 0.6) is 5.75 Å². The fourth-order valence-corrected chi connectivity index (χ4v) is 3.76. The number of methoxy groups -OCH3 is 1. The molecule has 1 saturated heterocycles. The first-order valence-corrected chi connectivity index (χ1v) is 8.52. The summed E-state index contributed by atoms with van der Waals surface area (Å²) in [5, 5.41) is 9.32. The first-order valence-electron chi connectivity index (χ1n) is 8.52. The van der Waals surface area contributed by atoms with Crippen molar-refractivity contribution in [3.63, 3.8) is 0 Å². The topological polar surface area (TPSA) is 108 Å². The van der Waals surface area contributed by atoms with Crippen LogP contribution in [-0.2, 0) is 27.3 Å². The summed E-state index contributed by atoms with van der Waals surface area (Å²) in [5.74, 6) is -1.18. The van der Waals surface area contributed by atoms with Crippen molar-refractivity contribution in [3.8, 4) is 5.75 Å². The second-order valence-electron chi connectivity index (χ2n) is 6.66. The number of aliphatic carboxylic acids is 1. The fraction of sp³-hybridized carbons (Fsp3) is 0.474. The molecule has 2 heterocycles. The van der Waals surface area contributed by atoms with Gasteiger partial charge in [-0.3, -0.25) is 4.79 Å². The smallest absolute Gasteiger partial charge is 0.341 e. The molecule has 7 nitrogen and oxygen atoms in total. The number of benzene rings is 1. The highest BCUT2D eigenvalue weighted by Crippen LogP contribution is 2.40. The number of hydrogen-bond donors (Lipinski definition) is 2. The quantitative estimate of drug-likeness (QED) is 0.470. The van der Waals surface area contributed by atoms with Crippen molar-refractivity contribution in [2.45, 2.75) is 39.4 Å². The summed E-state index contributed by atoms with van der Waals surface area (Å²) in [6.45, 7) is 4.36. The lowest BCUT2D eigenvalue weighted by molar-refractivity contribution is -0.142. The fourth-order valence-electron chi connectivity index (χ4n) is 3.76. The van der Waals surface area contributed by atoms with E-state index < -0.39 is 24.0 Å². The first kappa shape index (κ1) is 18.3. The van der Waals surface area contributed by atoms with E-state index in [2.05, 4.69) is 0 Å². The number of rotatable bonds is 5. The molecular formula is C19H23NO6. The number of nitrogens with two attached hydrogens (primary N) is 1. The Bertz CT molecular complexity index is 798. The van der Waals surface area contributed by atoms with Gasteiger partial charge in [-0.25, -0.2) is 4.79 Å². The molecule has 7 heteroatoms. The summed E-state index contributed by atoms with van der Waals surface area (Å²) < 4.78 is 16.2. The standard InChI is InChI=1S/C19H23NO6/c1-9(16-12(18(21)22)6-7-25-16)4-5-11-15(20)14-13(8-26-19(14)23)10(2)17(11)24-3/h4,12,16H,5-8,20H2,1-3H3,(H,21,22)/b9-4+. The molecule has 3 N–H and O–H groups in total. The number of cyclic esters (lactones) is 1. The van der Waals surface area contributed by atoms with Crippen molar-refractivity contribution in [2.75, 3.05) is 19.5 Å². The van der Waals surface area contributed by atoms with Gasteiger partial charge in [-0.15, -0.1) is 0 Å². The molecule has 1 aromatic rings. The van der Waals surface area contributed by atoms with Gasteiger partial charge in [0.1, 0.15) is 12.4 Å². The maximum absolute atomic E-state index is 12.0. The van der Waals surface area contributed by atoms with Gasteiger partial charge >= 0.3 is 11.9 Å². The number of carbonyl (C=O) groups excluding carboxylic acids is 1. The van der Waals surface area contributed by atoms with Crippen molar-refractivity contribution in [1.29, 1.82) is 0 Å². The van der Waals surface area contributed by atoms with E-state index in [-0.39, 0.29) is 6.61 Å². The molecule has 0 aromatic heterocycles. The summed E-state index contributed by atoms with van der Waals surface area (Å²) in [4.78, 5) is 23.4. The molecule has 0 saturated carbocycles. The van der Waals surface area contributed by atoms with Gasteiger partial charge in [0.2, 0.25) is 0 Å². The Morgan fingerprint density at radius 1 is 1.46 bits per heavy atom. The number of allylic oxidation sites excluding steroid dienone is 1. The SMILES string of the molecule is COc1c(C)c2c(c(N)c1C/C=C(\C)C1OCCC1C(=O)O)C(=O)OC2. The number of esters is 1. The molecule has 0 aliphatic carbocycles. The number of ether oxygens (including phenoxy) is 3. The second kappa shape index (κ2) is 6.99. The molecule has 2 aliphatic heterocycles. The number of carboxylic acids is 1. The van der Waals surface area contributed by atoms with Crippen LogP contribution in [-0.4, -0.2) is 36.9 Å². The predicted octanol–water partition coefficient (Wildman–Crippen LogP) is 2.23. The molecule has 2 unspecified atom stereocenters. The van der Waals surface area contributed by atoms with E-state index in [0.717, 1.165) is 16.7 Å². The monoisotopic (exact) mass is 361 g/mol. The minimum Gasteiger partial charge on any atom is -0.496 e. The minimum absolute atomic E-state index is 0.200. The molecule has 0 amide bonds. The van der Waals surface area contributed by atoms with E-state index in [1.165, 1.54) is 0 Å². The highest BCUT2D eigenvalue weighted by molar-refractivity contribution is 6.00. The number of hydrogen-bond acceptors (Lipinski definition) is 6. The lowest BCUT2D eigenvalue weighted by atomic mass is 9.92. The Labute approximate surface area is 151 Å². The van der Waals surface area contributed by atoms with Gasteiger partial charge in [-0.2, -0.15) is 0 Å². The third-order valence-corrected chi connectivity index (χ3v) is 5.21. The molecule has 3 rings (SSSR count). The highest BCUT2D eigenvalue weighted by atomic mass is 16.5. The molecule has 26 heavy (non-hydrogen) atoms. The van der Waals surface area contributed by atoms with Gasteiger partial charge < -0.3 is 25.1 Å². The molecular weight excluding hydrogens is 338 g/mol. The van der Waals surface area contributed by atoms with E-state index in [1.807, 2.05) is 19.9 Å². The van der Waals surface area contributed by atoms with Gasteiger partial charge in [0.15, 0.2) is 0 Å². The number of carboxylic acid groups (broad SMARTS) is 1. The number of nitrogen functional groups attached to an aromatic ring is 1. The van der Waals surface area contributed by atoms with Gasteiger partial charge in [0.05, 0.1) is 30.4 Å². The van der Waals surface area contributed by atoms with Crippen molar-refractivity contribution in [2.24, 2.45) is 5.92 Å². The molecule has 1 fully saturated rings. The molecule has 1 aromatic carbocycles. The zero-order chi connectivity index (χ0) is 19.0. The zero-order valence-corrected chi connectivity index (χ0v) is 15.1. The summed E-state index contributed by atoms with van der Waals surface area (Å²) in [6.07, 6.45) is 2.36. The van der Waals surface area contributed by atoms with Crippen LogP contribution < -0.4 is 10.5 Å². The lowest BCUT2D eigenvalue weighted by Crippen LogP contribution is -2.25. The summed E-state index contributed by atoms with van der Waals surface area (Å²) in [6, 6.07) is 0. The Morgan fingerprint density at radius 3 is 2.85 bits per heavy atom. The summed E-state index contributed by atoms with van der Waals surface area (Å²) >= 11 is 0. The van der Waals surface area contributed by atoms with Gasteiger partial charge in [-0.05, 0) is 37.8 Å². The van der Waals surface area contributed by atoms with E-state index in [4.69, 9.17) is 19.9 Å². The Kier molecular flexibility index (Phi) is 4.91. The summed E-state index contributed by atoms with van der Waals surface area (Å²) in [7, 11) is 1.56. The molecule has 2 aliphatic rings. The molecule has 0 radical (unpaired) electrons.